The van der Waals surface area contributed by atoms with E-state index in [9.17, 15) is 9.59 Å². The number of amides is 1. The number of pyridine rings is 1. The van der Waals surface area contributed by atoms with Crippen LogP contribution in [-0.4, -0.2) is 20.1 Å². The molecule has 72 valence electrons. The van der Waals surface area contributed by atoms with Crippen LogP contribution in [0, 0.1) is 0 Å². The molecule has 0 aliphatic rings. The van der Waals surface area contributed by atoms with E-state index in [-0.39, 0.29) is 12.2 Å². The van der Waals surface area contributed by atoms with Gasteiger partial charge in [0.05, 0.1) is 0 Å². The molecule has 2 rings (SSSR count). The van der Waals surface area contributed by atoms with Crippen LogP contribution in [0.5, 0.6) is 0 Å². The number of primary amides is 1. The Balaban J connectivity index is 2.63. The number of nitrogens with zero attached hydrogens (tertiary/aromatic N) is 3. The van der Waals surface area contributed by atoms with Gasteiger partial charge in [0.1, 0.15) is 6.54 Å². The van der Waals surface area contributed by atoms with Crippen molar-refractivity contribution in [1.82, 2.24) is 14.2 Å². The Bertz CT molecular complexity index is 540. The number of fused-ring (bicyclic) bond motifs is 1. The number of hydrogen-bond donors (Lipinski definition) is 1. The molecule has 2 aromatic rings. The lowest BCUT2D eigenvalue weighted by Crippen LogP contribution is -2.28. The first-order valence-electron chi connectivity index (χ1n) is 4.01. The second-order valence-corrected chi connectivity index (χ2v) is 2.84. The van der Waals surface area contributed by atoms with Crippen molar-refractivity contribution in [2.24, 2.45) is 5.73 Å². The third-order valence-electron chi connectivity index (χ3n) is 1.79. The van der Waals surface area contributed by atoms with Gasteiger partial charge in [0.25, 0.3) is 0 Å². The van der Waals surface area contributed by atoms with Crippen molar-refractivity contribution in [3.05, 3.63) is 34.9 Å². The van der Waals surface area contributed by atoms with Crippen molar-refractivity contribution >= 4 is 11.6 Å². The molecule has 0 fully saturated rings. The third-order valence-corrected chi connectivity index (χ3v) is 1.79. The highest BCUT2D eigenvalue weighted by molar-refractivity contribution is 5.73. The summed E-state index contributed by atoms with van der Waals surface area (Å²) < 4.78 is 2.39. The van der Waals surface area contributed by atoms with Gasteiger partial charge in [0, 0.05) is 6.20 Å². The minimum absolute atomic E-state index is 0.194. The molecule has 0 aliphatic carbocycles. The average molecular weight is 192 g/mol. The summed E-state index contributed by atoms with van der Waals surface area (Å²) >= 11 is 0. The van der Waals surface area contributed by atoms with Crippen LogP contribution in [-0.2, 0) is 11.3 Å². The highest BCUT2D eigenvalue weighted by Gasteiger charge is 2.06. The fraction of sp³-hybridized carbons (Fsp3) is 0.125. The first-order chi connectivity index (χ1) is 6.68. The maximum atomic E-state index is 11.5. The van der Waals surface area contributed by atoms with Crippen molar-refractivity contribution in [2.75, 3.05) is 0 Å². The summed E-state index contributed by atoms with van der Waals surface area (Å²) in [5.41, 5.74) is 5.10. The van der Waals surface area contributed by atoms with Crippen LogP contribution in [0.1, 0.15) is 0 Å². The van der Waals surface area contributed by atoms with E-state index >= 15 is 0 Å². The molecule has 0 spiro atoms. The van der Waals surface area contributed by atoms with E-state index in [0.717, 1.165) is 4.68 Å². The van der Waals surface area contributed by atoms with Gasteiger partial charge in [-0.05, 0) is 12.1 Å². The molecule has 0 bridgehead atoms. The minimum Gasteiger partial charge on any atom is -0.368 e. The number of carbonyl (C=O) groups is 1. The van der Waals surface area contributed by atoms with Crippen LogP contribution in [0.4, 0.5) is 0 Å². The maximum absolute atomic E-state index is 11.5. The van der Waals surface area contributed by atoms with E-state index in [1.54, 1.807) is 24.4 Å². The van der Waals surface area contributed by atoms with E-state index in [2.05, 4.69) is 5.10 Å². The van der Waals surface area contributed by atoms with E-state index in [0.29, 0.717) is 5.65 Å². The van der Waals surface area contributed by atoms with Crippen molar-refractivity contribution in [2.45, 2.75) is 6.54 Å². The smallest absolute Gasteiger partial charge is 0.350 e. The second kappa shape index (κ2) is 2.99. The minimum atomic E-state index is -0.587. The first-order valence-corrected chi connectivity index (χ1v) is 4.01. The molecule has 14 heavy (non-hydrogen) atoms. The normalized spacial score (nSPS) is 10.6. The predicted molar refractivity (Wildman–Crippen MR) is 48.6 cm³/mol. The average Bonchev–Trinajstić information content (AvgIpc) is 2.44. The molecule has 2 heterocycles. The van der Waals surface area contributed by atoms with Gasteiger partial charge < -0.3 is 5.73 Å². The molecule has 0 saturated heterocycles. The Kier molecular flexibility index (Phi) is 1.81. The Hall–Kier alpha value is -2.11. The lowest BCUT2D eigenvalue weighted by molar-refractivity contribution is -0.118. The summed E-state index contributed by atoms with van der Waals surface area (Å²) in [4.78, 5) is 22.1. The van der Waals surface area contributed by atoms with Gasteiger partial charge in [-0.15, -0.1) is 5.10 Å². The molecule has 6 nitrogen and oxygen atoms in total. The lowest BCUT2D eigenvalue weighted by atomic mass is 10.5. The summed E-state index contributed by atoms with van der Waals surface area (Å²) in [6, 6.07) is 5.15. The molecule has 0 unspecified atom stereocenters. The summed E-state index contributed by atoms with van der Waals surface area (Å²) in [5.74, 6) is -0.587. The number of carbonyl (C=O) groups excluding carboxylic acids is 1. The molecule has 0 saturated carbocycles. The van der Waals surface area contributed by atoms with E-state index in [1.165, 1.54) is 4.40 Å². The zero-order valence-corrected chi connectivity index (χ0v) is 7.25. The number of nitrogens with two attached hydrogens (primary N) is 1. The highest BCUT2D eigenvalue weighted by Crippen LogP contribution is 1.94. The molecule has 2 N–H and O–H groups in total. The first kappa shape index (κ1) is 8.49. The van der Waals surface area contributed by atoms with Gasteiger partial charge in [-0.2, -0.15) is 0 Å². The van der Waals surface area contributed by atoms with Crippen molar-refractivity contribution in [3.63, 3.8) is 0 Å². The number of rotatable bonds is 2. The topological polar surface area (TPSA) is 82.4 Å². The number of hydrogen-bond acceptors (Lipinski definition) is 3. The largest absolute Gasteiger partial charge is 0.368 e. The fourth-order valence-electron chi connectivity index (χ4n) is 1.22. The van der Waals surface area contributed by atoms with Crippen LogP contribution < -0.4 is 11.4 Å². The molecule has 0 atom stereocenters. The molecule has 1 amide bonds. The molecular weight excluding hydrogens is 184 g/mol. The molecule has 6 heteroatoms. The lowest BCUT2D eigenvalue weighted by Gasteiger charge is -1.90. The summed E-state index contributed by atoms with van der Waals surface area (Å²) in [5, 5.41) is 3.92. The molecular formula is C8H8N4O2. The third kappa shape index (κ3) is 1.26. The van der Waals surface area contributed by atoms with Crippen LogP contribution >= 0.6 is 0 Å². The van der Waals surface area contributed by atoms with E-state index in [1.807, 2.05) is 0 Å². The monoisotopic (exact) mass is 192 g/mol. The van der Waals surface area contributed by atoms with Crippen LogP contribution in [0.25, 0.3) is 5.65 Å². The second-order valence-electron chi connectivity index (χ2n) is 2.84. The SMILES string of the molecule is NC(=O)Cn1nc2ccccn2c1=O. The predicted octanol–water partition coefficient (Wildman–Crippen LogP) is -1.02. The van der Waals surface area contributed by atoms with Gasteiger partial charge >= 0.3 is 5.69 Å². The van der Waals surface area contributed by atoms with Crippen molar-refractivity contribution in [1.29, 1.82) is 0 Å². The van der Waals surface area contributed by atoms with Gasteiger partial charge in [-0.3, -0.25) is 9.20 Å². The summed E-state index contributed by atoms with van der Waals surface area (Å²) in [7, 11) is 0. The van der Waals surface area contributed by atoms with Crippen LogP contribution in [0.15, 0.2) is 29.2 Å². The quantitative estimate of drug-likeness (QED) is 0.661. The molecule has 0 radical (unpaired) electrons. The molecule has 0 aliphatic heterocycles. The Morgan fingerprint density at radius 1 is 1.50 bits per heavy atom. The van der Waals surface area contributed by atoms with Gasteiger partial charge in [0.15, 0.2) is 5.65 Å². The highest BCUT2D eigenvalue weighted by atomic mass is 16.2. The van der Waals surface area contributed by atoms with Gasteiger partial charge in [0.2, 0.25) is 5.91 Å². The molecule has 0 aromatic carbocycles. The molecule has 2 aromatic heterocycles. The van der Waals surface area contributed by atoms with Crippen molar-refractivity contribution < 1.29 is 4.79 Å². The van der Waals surface area contributed by atoms with E-state index < -0.39 is 5.91 Å². The summed E-state index contributed by atoms with van der Waals surface area (Å²) in [6.07, 6.45) is 1.59. The Labute approximate surface area is 78.6 Å². The van der Waals surface area contributed by atoms with Gasteiger partial charge in [-0.1, -0.05) is 6.07 Å². The standard InChI is InChI=1S/C8H8N4O2/c9-6(13)5-12-8(14)11-4-2-1-3-7(11)10-12/h1-4H,5H2,(H2,9,13). The van der Waals surface area contributed by atoms with Crippen LogP contribution in [0.2, 0.25) is 0 Å². The Morgan fingerprint density at radius 3 is 2.93 bits per heavy atom. The van der Waals surface area contributed by atoms with E-state index in [4.69, 9.17) is 5.73 Å². The zero-order valence-electron chi connectivity index (χ0n) is 7.25. The van der Waals surface area contributed by atoms with Crippen molar-refractivity contribution in [3.8, 4) is 0 Å². The fourth-order valence-corrected chi connectivity index (χ4v) is 1.22. The van der Waals surface area contributed by atoms with Crippen LogP contribution in [0.3, 0.4) is 0 Å². The Morgan fingerprint density at radius 2 is 2.29 bits per heavy atom. The maximum Gasteiger partial charge on any atom is 0.350 e. The number of aromatic nitrogens is 3. The summed E-state index contributed by atoms with van der Waals surface area (Å²) in [6.45, 7) is -0.194. The zero-order chi connectivity index (χ0) is 10.1. The van der Waals surface area contributed by atoms with Gasteiger partial charge in [-0.25, -0.2) is 9.48 Å².